The standard InChI is InChI=1S/C18H28N2/c1-13-8-10-15(11-9-13)20(3)17-12-14-6-4-5-7-16(14)18(17)19-2/h4-7,13,15,17-19H,8-12H2,1-3H3. The molecule has 2 aliphatic carbocycles. The molecule has 0 spiro atoms. The van der Waals surface area contributed by atoms with Gasteiger partial charge in [0.1, 0.15) is 0 Å². The fraction of sp³-hybridized carbons (Fsp3) is 0.667. The Bertz CT molecular complexity index is 448. The Morgan fingerprint density at radius 2 is 1.80 bits per heavy atom. The first-order chi connectivity index (χ1) is 9.70. The molecule has 2 nitrogen and oxygen atoms in total. The van der Waals surface area contributed by atoms with Crippen LogP contribution in [0.5, 0.6) is 0 Å². The quantitative estimate of drug-likeness (QED) is 0.907. The minimum atomic E-state index is 0.496. The molecule has 0 aromatic heterocycles. The summed E-state index contributed by atoms with van der Waals surface area (Å²) >= 11 is 0. The van der Waals surface area contributed by atoms with E-state index in [1.54, 1.807) is 0 Å². The molecule has 2 atom stereocenters. The predicted octanol–water partition coefficient (Wildman–Crippen LogP) is 3.38. The highest BCUT2D eigenvalue weighted by Crippen LogP contribution is 2.37. The summed E-state index contributed by atoms with van der Waals surface area (Å²) in [4.78, 5) is 2.67. The second-order valence-corrected chi connectivity index (χ2v) is 6.82. The van der Waals surface area contributed by atoms with Crippen LogP contribution in [0.4, 0.5) is 0 Å². The van der Waals surface area contributed by atoms with Gasteiger partial charge in [-0.2, -0.15) is 0 Å². The number of hydrogen-bond donors (Lipinski definition) is 1. The Balaban J connectivity index is 1.74. The zero-order valence-corrected chi connectivity index (χ0v) is 13.1. The van der Waals surface area contributed by atoms with Gasteiger partial charge in [-0.15, -0.1) is 0 Å². The van der Waals surface area contributed by atoms with Crippen molar-refractivity contribution < 1.29 is 0 Å². The highest BCUT2D eigenvalue weighted by atomic mass is 15.2. The lowest BCUT2D eigenvalue weighted by Crippen LogP contribution is -2.46. The van der Waals surface area contributed by atoms with E-state index in [9.17, 15) is 0 Å². The lowest BCUT2D eigenvalue weighted by molar-refractivity contribution is 0.108. The van der Waals surface area contributed by atoms with Crippen LogP contribution in [-0.2, 0) is 6.42 Å². The van der Waals surface area contributed by atoms with E-state index in [2.05, 4.69) is 55.5 Å². The maximum Gasteiger partial charge on any atom is 0.0481 e. The number of fused-ring (bicyclic) bond motifs is 1. The molecule has 1 saturated carbocycles. The number of benzene rings is 1. The molecule has 20 heavy (non-hydrogen) atoms. The van der Waals surface area contributed by atoms with E-state index in [4.69, 9.17) is 0 Å². The van der Waals surface area contributed by atoms with Crippen molar-refractivity contribution in [3.63, 3.8) is 0 Å². The average Bonchev–Trinajstić information content (AvgIpc) is 2.85. The van der Waals surface area contributed by atoms with E-state index in [1.807, 2.05) is 0 Å². The van der Waals surface area contributed by atoms with Gasteiger partial charge in [0.15, 0.2) is 0 Å². The molecule has 1 aromatic rings. The molecule has 2 aliphatic rings. The van der Waals surface area contributed by atoms with Gasteiger partial charge in [0, 0.05) is 18.1 Å². The van der Waals surface area contributed by atoms with Crippen molar-refractivity contribution in [2.75, 3.05) is 14.1 Å². The first kappa shape index (κ1) is 14.1. The Morgan fingerprint density at radius 1 is 1.10 bits per heavy atom. The monoisotopic (exact) mass is 272 g/mol. The summed E-state index contributed by atoms with van der Waals surface area (Å²) < 4.78 is 0. The maximum absolute atomic E-state index is 3.56. The zero-order chi connectivity index (χ0) is 14.1. The predicted molar refractivity (Wildman–Crippen MR) is 84.9 cm³/mol. The number of likely N-dealkylation sites (N-methyl/N-ethyl adjacent to an activating group) is 2. The minimum absolute atomic E-state index is 0.496. The van der Waals surface area contributed by atoms with Crippen molar-refractivity contribution in [2.45, 2.75) is 57.2 Å². The molecule has 0 heterocycles. The third-order valence-electron chi connectivity index (χ3n) is 5.60. The second-order valence-electron chi connectivity index (χ2n) is 6.82. The van der Waals surface area contributed by atoms with Crippen LogP contribution in [0.25, 0.3) is 0 Å². The van der Waals surface area contributed by atoms with Crippen molar-refractivity contribution >= 4 is 0 Å². The van der Waals surface area contributed by atoms with Crippen molar-refractivity contribution in [1.29, 1.82) is 0 Å². The second kappa shape index (κ2) is 5.87. The summed E-state index contributed by atoms with van der Waals surface area (Å²) in [5.41, 5.74) is 3.05. The van der Waals surface area contributed by atoms with Crippen LogP contribution in [-0.4, -0.2) is 31.1 Å². The smallest absolute Gasteiger partial charge is 0.0481 e. The molecule has 2 unspecified atom stereocenters. The fourth-order valence-corrected chi connectivity index (χ4v) is 4.22. The summed E-state index contributed by atoms with van der Waals surface area (Å²) in [5.74, 6) is 0.931. The molecule has 0 radical (unpaired) electrons. The Hall–Kier alpha value is -0.860. The van der Waals surface area contributed by atoms with Crippen LogP contribution in [0.2, 0.25) is 0 Å². The summed E-state index contributed by atoms with van der Waals surface area (Å²) in [6.07, 6.45) is 6.75. The third kappa shape index (κ3) is 2.51. The van der Waals surface area contributed by atoms with Gasteiger partial charge in [-0.05, 0) is 63.2 Å². The average molecular weight is 272 g/mol. The number of hydrogen-bond acceptors (Lipinski definition) is 2. The van der Waals surface area contributed by atoms with Gasteiger partial charge < -0.3 is 5.32 Å². The van der Waals surface area contributed by atoms with Crippen molar-refractivity contribution in [3.05, 3.63) is 35.4 Å². The van der Waals surface area contributed by atoms with Crippen LogP contribution in [0.15, 0.2) is 24.3 Å². The first-order valence-electron chi connectivity index (χ1n) is 8.17. The highest BCUT2D eigenvalue weighted by Gasteiger charge is 2.36. The largest absolute Gasteiger partial charge is 0.312 e. The van der Waals surface area contributed by atoms with Crippen LogP contribution in [0.1, 0.15) is 49.8 Å². The van der Waals surface area contributed by atoms with E-state index >= 15 is 0 Å². The molecule has 1 N–H and O–H groups in total. The first-order valence-corrected chi connectivity index (χ1v) is 8.17. The van der Waals surface area contributed by atoms with Gasteiger partial charge in [-0.1, -0.05) is 31.2 Å². The molecule has 0 aliphatic heterocycles. The minimum Gasteiger partial charge on any atom is -0.312 e. The topological polar surface area (TPSA) is 15.3 Å². The number of nitrogens with zero attached hydrogens (tertiary/aromatic N) is 1. The summed E-state index contributed by atoms with van der Waals surface area (Å²) in [7, 11) is 4.46. The summed E-state index contributed by atoms with van der Waals surface area (Å²) in [6, 6.07) is 10.8. The van der Waals surface area contributed by atoms with Gasteiger partial charge in [0.2, 0.25) is 0 Å². The van der Waals surface area contributed by atoms with Gasteiger partial charge in [-0.25, -0.2) is 0 Å². The molecular formula is C18H28N2. The van der Waals surface area contributed by atoms with E-state index in [0.29, 0.717) is 12.1 Å². The Morgan fingerprint density at radius 3 is 2.50 bits per heavy atom. The van der Waals surface area contributed by atoms with Gasteiger partial charge in [-0.3, -0.25) is 4.90 Å². The molecule has 0 saturated heterocycles. The zero-order valence-electron chi connectivity index (χ0n) is 13.1. The maximum atomic E-state index is 3.56. The molecule has 110 valence electrons. The van der Waals surface area contributed by atoms with E-state index in [1.165, 1.54) is 43.2 Å². The van der Waals surface area contributed by atoms with E-state index < -0.39 is 0 Å². The SMILES string of the molecule is CNC1c2ccccc2CC1N(C)C1CCC(C)CC1. The van der Waals surface area contributed by atoms with Crippen molar-refractivity contribution in [1.82, 2.24) is 10.2 Å². The summed E-state index contributed by atoms with van der Waals surface area (Å²) in [5, 5.41) is 3.56. The molecular weight excluding hydrogens is 244 g/mol. The van der Waals surface area contributed by atoms with Gasteiger partial charge >= 0.3 is 0 Å². The molecule has 3 rings (SSSR count). The number of nitrogens with one attached hydrogen (secondary N) is 1. The van der Waals surface area contributed by atoms with Gasteiger partial charge in [0.05, 0.1) is 0 Å². The molecule has 2 heteroatoms. The highest BCUT2D eigenvalue weighted by molar-refractivity contribution is 5.37. The van der Waals surface area contributed by atoms with E-state index in [0.717, 1.165) is 12.0 Å². The lowest BCUT2D eigenvalue weighted by Gasteiger charge is -2.39. The summed E-state index contributed by atoms with van der Waals surface area (Å²) in [6.45, 7) is 2.40. The van der Waals surface area contributed by atoms with E-state index in [-0.39, 0.29) is 0 Å². The van der Waals surface area contributed by atoms with Crippen molar-refractivity contribution in [3.8, 4) is 0 Å². The lowest BCUT2D eigenvalue weighted by atomic mass is 9.86. The van der Waals surface area contributed by atoms with Crippen LogP contribution in [0, 0.1) is 5.92 Å². The van der Waals surface area contributed by atoms with Crippen LogP contribution < -0.4 is 5.32 Å². The molecule has 0 amide bonds. The molecule has 1 fully saturated rings. The normalized spacial score (nSPS) is 33.4. The van der Waals surface area contributed by atoms with Crippen LogP contribution >= 0.6 is 0 Å². The number of rotatable bonds is 3. The molecule has 0 bridgehead atoms. The van der Waals surface area contributed by atoms with Crippen LogP contribution in [0.3, 0.4) is 0 Å². The third-order valence-corrected chi connectivity index (χ3v) is 5.60. The Labute approximate surface area is 123 Å². The fourth-order valence-electron chi connectivity index (χ4n) is 4.22. The molecule has 1 aromatic carbocycles. The Kier molecular flexibility index (Phi) is 4.13. The van der Waals surface area contributed by atoms with Crippen molar-refractivity contribution in [2.24, 2.45) is 5.92 Å². The van der Waals surface area contributed by atoms with Gasteiger partial charge in [0.25, 0.3) is 0 Å².